The molecule has 1 fully saturated rings. The zero-order valence-corrected chi connectivity index (χ0v) is 19.6. The molecule has 0 unspecified atom stereocenters. The Morgan fingerprint density at radius 3 is 2.47 bits per heavy atom. The standard InChI is InChI=1S/C26H26N6OS/c1-2-22(33)30-19-12-8-18(9-13-19)24-23(25-26(27)28-16-29-32(25)31-24)17-10-14-21(15-11-17)34-20-6-4-3-5-7-20/h2,8-16,20H,1,3-7H2,(H,30,33)(H2,27,28,29). The lowest BCUT2D eigenvalue weighted by Gasteiger charge is -2.21. The van der Waals surface area contributed by atoms with E-state index in [1.54, 1.807) is 0 Å². The highest BCUT2D eigenvalue weighted by Gasteiger charge is 2.20. The van der Waals surface area contributed by atoms with E-state index in [0.717, 1.165) is 22.4 Å². The van der Waals surface area contributed by atoms with Gasteiger partial charge in [-0.1, -0.05) is 50.1 Å². The minimum atomic E-state index is -0.254. The monoisotopic (exact) mass is 470 g/mol. The van der Waals surface area contributed by atoms with Crippen LogP contribution in [0.1, 0.15) is 32.1 Å². The van der Waals surface area contributed by atoms with Gasteiger partial charge in [-0.15, -0.1) is 26.6 Å². The highest BCUT2D eigenvalue weighted by atomic mass is 32.2. The third-order valence-corrected chi connectivity index (χ3v) is 7.43. The van der Waals surface area contributed by atoms with Gasteiger partial charge in [-0.25, -0.2) is 4.98 Å². The van der Waals surface area contributed by atoms with Crippen molar-refractivity contribution < 1.29 is 4.79 Å². The number of hydrogen-bond acceptors (Lipinski definition) is 6. The second-order valence-electron chi connectivity index (χ2n) is 8.38. The number of hydrogen-bond donors (Lipinski definition) is 2. The molecule has 0 bridgehead atoms. The van der Waals surface area contributed by atoms with E-state index < -0.39 is 0 Å². The fourth-order valence-corrected chi connectivity index (χ4v) is 5.62. The molecule has 4 aromatic rings. The molecule has 1 aliphatic rings. The van der Waals surface area contributed by atoms with Gasteiger partial charge in [0.15, 0.2) is 5.82 Å². The summed E-state index contributed by atoms with van der Waals surface area (Å²) in [5.41, 5.74) is 11.1. The smallest absolute Gasteiger partial charge is 0.247 e. The molecule has 0 saturated heterocycles. The largest absolute Gasteiger partial charge is 0.382 e. The van der Waals surface area contributed by atoms with Gasteiger partial charge < -0.3 is 11.1 Å². The summed E-state index contributed by atoms with van der Waals surface area (Å²) >= 11 is 1.97. The molecule has 5 rings (SSSR count). The van der Waals surface area contributed by atoms with Crippen LogP contribution >= 0.6 is 11.8 Å². The quantitative estimate of drug-likeness (QED) is 0.357. The van der Waals surface area contributed by atoms with Gasteiger partial charge in [0.25, 0.3) is 0 Å². The highest BCUT2D eigenvalue weighted by Crippen LogP contribution is 2.39. The molecule has 1 amide bonds. The van der Waals surface area contributed by atoms with E-state index in [0.29, 0.717) is 22.3 Å². The predicted molar refractivity (Wildman–Crippen MR) is 138 cm³/mol. The molecule has 34 heavy (non-hydrogen) atoms. The Labute approximate surface area is 202 Å². The maximum Gasteiger partial charge on any atom is 0.247 e. The van der Waals surface area contributed by atoms with Crippen LogP contribution in [-0.2, 0) is 4.79 Å². The number of carbonyl (C=O) groups excluding carboxylic acids is 1. The van der Waals surface area contributed by atoms with Gasteiger partial charge in [0.05, 0.1) is 0 Å². The number of fused-ring (bicyclic) bond motifs is 1. The second kappa shape index (κ2) is 9.69. The molecule has 7 nitrogen and oxygen atoms in total. The van der Waals surface area contributed by atoms with Crippen LogP contribution in [-0.4, -0.2) is 31.0 Å². The zero-order chi connectivity index (χ0) is 23.5. The van der Waals surface area contributed by atoms with Crippen LogP contribution in [0.5, 0.6) is 0 Å². The van der Waals surface area contributed by atoms with E-state index in [9.17, 15) is 4.79 Å². The van der Waals surface area contributed by atoms with Crippen LogP contribution in [0.3, 0.4) is 0 Å². The number of anilines is 2. The van der Waals surface area contributed by atoms with Crippen molar-refractivity contribution in [3.63, 3.8) is 0 Å². The summed E-state index contributed by atoms with van der Waals surface area (Å²) in [6.45, 7) is 3.49. The van der Waals surface area contributed by atoms with Gasteiger partial charge in [0.1, 0.15) is 17.5 Å². The van der Waals surface area contributed by atoms with Crippen LogP contribution < -0.4 is 11.1 Å². The molecule has 1 saturated carbocycles. The maximum absolute atomic E-state index is 11.6. The molecule has 0 spiro atoms. The maximum atomic E-state index is 11.6. The Morgan fingerprint density at radius 1 is 1.06 bits per heavy atom. The number of benzene rings is 2. The fourth-order valence-electron chi connectivity index (χ4n) is 4.37. The molecule has 0 aliphatic heterocycles. The van der Waals surface area contributed by atoms with E-state index in [-0.39, 0.29) is 5.91 Å². The van der Waals surface area contributed by atoms with Crippen LogP contribution in [0.2, 0.25) is 0 Å². The van der Waals surface area contributed by atoms with Crippen molar-refractivity contribution in [2.24, 2.45) is 0 Å². The first-order valence-electron chi connectivity index (χ1n) is 11.4. The summed E-state index contributed by atoms with van der Waals surface area (Å²) in [6.07, 6.45) is 9.25. The minimum Gasteiger partial charge on any atom is -0.382 e. The third kappa shape index (κ3) is 4.54. The molecule has 0 atom stereocenters. The van der Waals surface area contributed by atoms with Crippen LogP contribution in [0.15, 0.2) is 72.4 Å². The van der Waals surface area contributed by atoms with E-state index in [1.807, 2.05) is 36.0 Å². The Hall–Kier alpha value is -3.65. The summed E-state index contributed by atoms with van der Waals surface area (Å²) < 4.78 is 1.53. The fraction of sp³-hybridized carbons (Fsp3) is 0.231. The van der Waals surface area contributed by atoms with Gasteiger partial charge >= 0.3 is 0 Å². The van der Waals surface area contributed by atoms with Crippen molar-refractivity contribution in [1.29, 1.82) is 0 Å². The number of nitrogens with one attached hydrogen (secondary N) is 1. The molecule has 3 N–H and O–H groups in total. The number of rotatable bonds is 6. The van der Waals surface area contributed by atoms with Crippen molar-refractivity contribution in [2.75, 3.05) is 11.1 Å². The summed E-state index contributed by atoms with van der Waals surface area (Å²) in [6, 6.07) is 16.1. The molecule has 1 aliphatic carbocycles. The van der Waals surface area contributed by atoms with E-state index >= 15 is 0 Å². The number of amides is 1. The number of nitrogen functional groups attached to an aromatic ring is 1. The van der Waals surface area contributed by atoms with Gasteiger partial charge in [-0.3, -0.25) is 4.79 Å². The first-order chi connectivity index (χ1) is 16.6. The molecule has 172 valence electrons. The predicted octanol–water partition coefficient (Wildman–Crippen LogP) is 5.59. The SMILES string of the molecule is C=CC(=O)Nc1ccc(-c2nn3ncnc(N)c3c2-c2ccc(SC3CCCCC3)cc2)cc1. The van der Waals surface area contributed by atoms with Gasteiger partial charge in [0, 0.05) is 27.0 Å². The summed E-state index contributed by atoms with van der Waals surface area (Å²) in [4.78, 5) is 17.1. The van der Waals surface area contributed by atoms with Crippen LogP contribution in [0, 0.1) is 0 Å². The van der Waals surface area contributed by atoms with E-state index in [2.05, 4.69) is 46.2 Å². The van der Waals surface area contributed by atoms with Crippen LogP contribution in [0.25, 0.3) is 27.9 Å². The minimum absolute atomic E-state index is 0.254. The van der Waals surface area contributed by atoms with E-state index in [1.165, 1.54) is 54.0 Å². The second-order valence-corrected chi connectivity index (χ2v) is 9.75. The number of nitrogens with two attached hydrogens (primary N) is 1. The van der Waals surface area contributed by atoms with Gasteiger partial charge in [-0.2, -0.15) is 0 Å². The topological polar surface area (TPSA) is 98.2 Å². The number of carbonyl (C=O) groups is 1. The molecule has 2 aromatic carbocycles. The number of nitrogens with zero attached hydrogens (tertiary/aromatic N) is 4. The normalized spacial score (nSPS) is 14.2. The average molecular weight is 471 g/mol. The van der Waals surface area contributed by atoms with Crippen molar-refractivity contribution in [3.8, 4) is 22.4 Å². The van der Waals surface area contributed by atoms with Gasteiger partial charge in [0.2, 0.25) is 5.91 Å². The lowest BCUT2D eigenvalue weighted by molar-refractivity contribution is -0.111. The summed E-state index contributed by atoms with van der Waals surface area (Å²) in [5.74, 6) is 0.120. The molecular formula is C26H26N6OS. The molecule has 0 radical (unpaired) electrons. The van der Waals surface area contributed by atoms with Crippen molar-refractivity contribution in [2.45, 2.75) is 42.2 Å². The highest BCUT2D eigenvalue weighted by molar-refractivity contribution is 8.00. The molecule has 8 heteroatoms. The van der Waals surface area contributed by atoms with Crippen molar-refractivity contribution in [3.05, 3.63) is 67.5 Å². The Morgan fingerprint density at radius 2 is 1.76 bits per heavy atom. The van der Waals surface area contributed by atoms with Gasteiger partial charge in [-0.05, 0) is 48.7 Å². The van der Waals surface area contributed by atoms with E-state index in [4.69, 9.17) is 10.8 Å². The first-order valence-corrected chi connectivity index (χ1v) is 12.3. The van der Waals surface area contributed by atoms with Crippen LogP contribution in [0.4, 0.5) is 11.5 Å². The number of thioether (sulfide) groups is 1. The molecule has 2 aromatic heterocycles. The Bertz CT molecular complexity index is 1320. The molecule has 2 heterocycles. The number of aromatic nitrogens is 4. The lowest BCUT2D eigenvalue weighted by Crippen LogP contribution is -2.07. The average Bonchev–Trinajstić information content (AvgIpc) is 3.26. The molecular weight excluding hydrogens is 444 g/mol. The van der Waals surface area contributed by atoms with Crippen molar-refractivity contribution in [1.82, 2.24) is 19.8 Å². The first kappa shape index (κ1) is 22.2. The lowest BCUT2D eigenvalue weighted by atomic mass is 9.99. The Kier molecular flexibility index (Phi) is 6.31. The Balaban J connectivity index is 1.52. The summed E-state index contributed by atoms with van der Waals surface area (Å²) in [5, 5.41) is 12.5. The summed E-state index contributed by atoms with van der Waals surface area (Å²) in [7, 11) is 0. The third-order valence-electron chi connectivity index (χ3n) is 6.08. The zero-order valence-electron chi connectivity index (χ0n) is 18.8. The van der Waals surface area contributed by atoms with Crippen molar-refractivity contribution >= 4 is 34.7 Å².